The Morgan fingerprint density at radius 2 is 2.17 bits per heavy atom. The zero-order chi connectivity index (χ0) is 12.8. The lowest BCUT2D eigenvalue weighted by Gasteiger charge is -2.20. The fraction of sp³-hybridized carbons (Fsp3) is 0.833. The summed E-state index contributed by atoms with van der Waals surface area (Å²) in [7, 11) is 0. The first kappa shape index (κ1) is 14.2. The summed E-state index contributed by atoms with van der Waals surface area (Å²) in [5, 5.41) is 2.17. The number of hydrogen-bond acceptors (Lipinski definition) is 5. The molecule has 0 spiro atoms. The molecule has 0 bridgehead atoms. The Hall–Kier alpha value is -0.200. The van der Waals surface area contributed by atoms with E-state index in [1.54, 1.807) is 11.5 Å². The normalized spacial score (nSPS) is 18.0. The molecular formula is C12H21BrN4S. The molecule has 1 aromatic rings. The number of halogens is 1. The average Bonchev–Trinajstić information content (AvgIpc) is 2.70. The molecule has 0 unspecified atom stereocenters. The molecule has 0 aromatic carbocycles. The number of hydrogen-bond donors (Lipinski definition) is 0. The van der Waals surface area contributed by atoms with Crippen LogP contribution < -0.4 is 4.90 Å². The molecule has 1 aliphatic rings. The molecule has 1 fully saturated rings. The van der Waals surface area contributed by atoms with Gasteiger partial charge in [-0.3, -0.25) is 0 Å². The fourth-order valence-electron chi connectivity index (χ4n) is 2.20. The SMILES string of the molecule is CCCc1nsc(N2CCCN(CCBr)CC2)n1. The fourth-order valence-corrected chi connectivity index (χ4v) is 3.47. The van der Waals surface area contributed by atoms with E-state index >= 15 is 0 Å². The maximum absolute atomic E-state index is 4.64. The third-order valence-electron chi connectivity index (χ3n) is 3.19. The topological polar surface area (TPSA) is 32.3 Å². The maximum Gasteiger partial charge on any atom is 0.205 e. The van der Waals surface area contributed by atoms with Crippen LogP contribution in [0.15, 0.2) is 0 Å². The minimum Gasteiger partial charge on any atom is -0.346 e. The second-order valence-electron chi connectivity index (χ2n) is 4.61. The van der Waals surface area contributed by atoms with Crippen LogP contribution in [0.4, 0.5) is 5.13 Å². The molecule has 2 heterocycles. The van der Waals surface area contributed by atoms with Crippen LogP contribution in [0, 0.1) is 0 Å². The van der Waals surface area contributed by atoms with Crippen LogP contribution in [0.3, 0.4) is 0 Å². The molecule has 2 rings (SSSR count). The van der Waals surface area contributed by atoms with Crippen molar-refractivity contribution in [2.45, 2.75) is 26.2 Å². The van der Waals surface area contributed by atoms with E-state index in [1.807, 2.05) is 0 Å². The van der Waals surface area contributed by atoms with Crippen molar-refractivity contribution < 1.29 is 0 Å². The molecular weight excluding hydrogens is 312 g/mol. The van der Waals surface area contributed by atoms with E-state index in [1.165, 1.54) is 13.0 Å². The van der Waals surface area contributed by atoms with Gasteiger partial charge in [-0.1, -0.05) is 22.9 Å². The Morgan fingerprint density at radius 1 is 1.28 bits per heavy atom. The largest absolute Gasteiger partial charge is 0.346 e. The summed E-state index contributed by atoms with van der Waals surface area (Å²) in [5.74, 6) is 1.01. The van der Waals surface area contributed by atoms with Crippen molar-refractivity contribution in [3.63, 3.8) is 0 Å². The summed E-state index contributed by atoms with van der Waals surface area (Å²) in [5.41, 5.74) is 0. The van der Waals surface area contributed by atoms with E-state index in [-0.39, 0.29) is 0 Å². The van der Waals surface area contributed by atoms with Crippen LogP contribution in [-0.2, 0) is 6.42 Å². The van der Waals surface area contributed by atoms with Gasteiger partial charge in [0.25, 0.3) is 0 Å². The van der Waals surface area contributed by atoms with Gasteiger partial charge in [-0.05, 0) is 19.4 Å². The minimum absolute atomic E-state index is 1.00. The number of nitrogens with zero attached hydrogens (tertiary/aromatic N) is 4. The van der Waals surface area contributed by atoms with Crippen LogP contribution in [0.2, 0.25) is 0 Å². The molecule has 0 saturated carbocycles. The van der Waals surface area contributed by atoms with Crippen molar-refractivity contribution in [3.8, 4) is 0 Å². The van der Waals surface area contributed by atoms with Crippen LogP contribution in [0.5, 0.6) is 0 Å². The highest BCUT2D eigenvalue weighted by Crippen LogP contribution is 2.19. The lowest BCUT2D eigenvalue weighted by atomic mass is 10.3. The van der Waals surface area contributed by atoms with Crippen LogP contribution >= 0.6 is 27.5 Å². The van der Waals surface area contributed by atoms with Gasteiger partial charge in [0, 0.05) is 49.5 Å². The number of aromatic nitrogens is 2. The molecule has 0 N–H and O–H groups in total. The zero-order valence-corrected chi connectivity index (χ0v) is 13.3. The van der Waals surface area contributed by atoms with E-state index in [4.69, 9.17) is 0 Å². The third kappa shape index (κ3) is 3.90. The summed E-state index contributed by atoms with van der Waals surface area (Å²) < 4.78 is 4.43. The predicted octanol–water partition coefficient (Wildman–Crippen LogP) is 2.40. The lowest BCUT2D eigenvalue weighted by Crippen LogP contribution is -2.31. The Balaban J connectivity index is 1.92. The first-order valence-electron chi connectivity index (χ1n) is 6.69. The molecule has 4 nitrogen and oxygen atoms in total. The summed E-state index contributed by atoms with van der Waals surface area (Å²) >= 11 is 5.07. The Bertz CT molecular complexity index is 358. The van der Waals surface area contributed by atoms with Crippen molar-refractivity contribution in [2.75, 3.05) is 43.0 Å². The van der Waals surface area contributed by atoms with E-state index in [2.05, 4.69) is 42.0 Å². The highest BCUT2D eigenvalue weighted by atomic mass is 79.9. The second kappa shape index (κ2) is 7.40. The number of anilines is 1. The van der Waals surface area contributed by atoms with Crippen molar-refractivity contribution >= 4 is 32.6 Å². The summed E-state index contributed by atoms with van der Waals surface area (Å²) in [6, 6.07) is 0. The number of aryl methyl sites for hydroxylation is 1. The Labute approximate surface area is 122 Å². The van der Waals surface area contributed by atoms with Crippen molar-refractivity contribution in [2.24, 2.45) is 0 Å². The van der Waals surface area contributed by atoms with E-state index < -0.39 is 0 Å². The first-order valence-corrected chi connectivity index (χ1v) is 8.59. The molecule has 1 aliphatic heterocycles. The van der Waals surface area contributed by atoms with Gasteiger partial charge in [-0.15, -0.1) is 0 Å². The number of alkyl halides is 1. The van der Waals surface area contributed by atoms with Gasteiger partial charge in [-0.25, -0.2) is 4.98 Å². The van der Waals surface area contributed by atoms with Gasteiger partial charge in [0.1, 0.15) is 5.82 Å². The minimum atomic E-state index is 1.00. The highest BCUT2D eigenvalue weighted by Gasteiger charge is 2.17. The van der Waals surface area contributed by atoms with Gasteiger partial charge < -0.3 is 9.80 Å². The van der Waals surface area contributed by atoms with Gasteiger partial charge >= 0.3 is 0 Å². The van der Waals surface area contributed by atoms with Crippen molar-refractivity contribution in [3.05, 3.63) is 5.82 Å². The van der Waals surface area contributed by atoms with E-state index in [0.29, 0.717) is 0 Å². The molecule has 1 saturated heterocycles. The van der Waals surface area contributed by atoms with Gasteiger partial charge in [-0.2, -0.15) is 4.37 Å². The smallest absolute Gasteiger partial charge is 0.205 e. The first-order chi connectivity index (χ1) is 8.83. The van der Waals surface area contributed by atoms with Crippen LogP contribution in [0.1, 0.15) is 25.6 Å². The zero-order valence-electron chi connectivity index (χ0n) is 10.9. The summed E-state index contributed by atoms with van der Waals surface area (Å²) in [6.45, 7) is 7.83. The van der Waals surface area contributed by atoms with E-state index in [9.17, 15) is 0 Å². The summed E-state index contributed by atoms with van der Waals surface area (Å²) in [4.78, 5) is 9.55. The van der Waals surface area contributed by atoms with Gasteiger partial charge in [0.2, 0.25) is 5.13 Å². The van der Waals surface area contributed by atoms with Crippen molar-refractivity contribution in [1.82, 2.24) is 14.3 Å². The molecule has 6 heteroatoms. The molecule has 18 heavy (non-hydrogen) atoms. The lowest BCUT2D eigenvalue weighted by molar-refractivity contribution is 0.313. The standard InChI is InChI=1S/C12H21BrN4S/c1-2-4-11-14-12(18-15-11)17-7-3-6-16(8-5-13)9-10-17/h2-10H2,1H3. The average molecular weight is 333 g/mol. The highest BCUT2D eigenvalue weighted by molar-refractivity contribution is 9.09. The predicted molar refractivity (Wildman–Crippen MR) is 81.0 cm³/mol. The maximum atomic E-state index is 4.64. The van der Waals surface area contributed by atoms with Crippen molar-refractivity contribution in [1.29, 1.82) is 0 Å². The van der Waals surface area contributed by atoms with Gasteiger partial charge in [0.05, 0.1) is 0 Å². The third-order valence-corrected chi connectivity index (χ3v) is 4.36. The Morgan fingerprint density at radius 3 is 2.94 bits per heavy atom. The molecule has 0 aliphatic carbocycles. The molecule has 1 aromatic heterocycles. The van der Waals surface area contributed by atoms with E-state index in [0.717, 1.165) is 55.3 Å². The summed E-state index contributed by atoms with van der Waals surface area (Å²) in [6.07, 6.45) is 3.34. The monoisotopic (exact) mass is 332 g/mol. The molecule has 0 radical (unpaired) electrons. The van der Waals surface area contributed by atoms with Crippen LogP contribution in [-0.4, -0.2) is 52.3 Å². The van der Waals surface area contributed by atoms with Gasteiger partial charge in [0.15, 0.2) is 0 Å². The van der Waals surface area contributed by atoms with Crippen LogP contribution in [0.25, 0.3) is 0 Å². The second-order valence-corrected chi connectivity index (χ2v) is 6.14. The molecule has 0 amide bonds. The quantitative estimate of drug-likeness (QED) is 0.775. The number of rotatable bonds is 5. The molecule has 0 atom stereocenters. The molecule has 102 valence electrons. The Kier molecular flexibility index (Phi) is 5.85.